The molecule has 118 valence electrons. The van der Waals surface area contributed by atoms with E-state index in [1.54, 1.807) is 13.8 Å². The molecule has 1 unspecified atom stereocenters. The maximum absolute atomic E-state index is 11.7. The maximum atomic E-state index is 11.7. The van der Waals surface area contributed by atoms with Crippen molar-refractivity contribution in [2.24, 2.45) is 11.3 Å². The Balaban J connectivity index is 2.56. The smallest absolute Gasteiger partial charge is 0.309 e. The number of aliphatic carboxylic acids is 1. The highest BCUT2D eigenvalue weighted by Gasteiger charge is 2.39. The molecule has 1 fully saturated rings. The van der Waals surface area contributed by atoms with Crippen molar-refractivity contribution < 1.29 is 18.3 Å². The van der Waals surface area contributed by atoms with E-state index >= 15 is 0 Å². The predicted octanol–water partition coefficient (Wildman–Crippen LogP) is 1.63. The summed E-state index contributed by atoms with van der Waals surface area (Å²) >= 11 is 0. The van der Waals surface area contributed by atoms with E-state index in [0.717, 1.165) is 19.4 Å². The quantitative estimate of drug-likeness (QED) is 0.774. The van der Waals surface area contributed by atoms with Gasteiger partial charge in [0.15, 0.2) is 9.84 Å². The van der Waals surface area contributed by atoms with Crippen LogP contribution in [0.4, 0.5) is 0 Å². The van der Waals surface area contributed by atoms with E-state index in [-0.39, 0.29) is 17.4 Å². The fourth-order valence-corrected chi connectivity index (χ4v) is 4.07. The molecule has 0 aliphatic carbocycles. The highest BCUT2D eigenvalue weighted by atomic mass is 32.2. The Morgan fingerprint density at radius 2 is 2.00 bits per heavy atom. The van der Waals surface area contributed by atoms with Gasteiger partial charge in [0.2, 0.25) is 0 Å². The summed E-state index contributed by atoms with van der Waals surface area (Å²) in [4.78, 5) is 13.4. The maximum Gasteiger partial charge on any atom is 0.309 e. The lowest BCUT2D eigenvalue weighted by Crippen LogP contribution is -2.45. The van der Waals surface area contributed by atoms with E-state index in [1.807, 2.05) is 6.92 Å². The lowest BCUT2D eigenvalue weighted by molar-refractivity contribution is -0.151. The van der Waals surface area contributed by atoms with Gasteiger partial charge in [-0.25, -0.2) is 8.42 Å². The Kier molecular flexibility index (Phi) is 6.01. The summed E-state index contributed by atoms with van der Waals surface area (Å²) < 4.78 is 23.5. The zero-order chi connectivity index (χ0) is 15.4. The summed E-state index contributed by atoms with van der Waals surface area (Å²) in [6.07, 6.45) is 2.49. The van der Waals surface area contributed by atoms with Crippen molar-refractivity contribution in [2.75, 3.05) is 31.1 Å². The molecule has 1 aliphatic heterocycles. The number of nitrogens with zero attached hydrogens (tertiary/aromatic N) is 1. The number of carboxylic acid groups (broad SMARTS) is 1. The molecule has 1 rings (SSSR count). The van der Waals surface area contributed by atoms with Crippen molar-refractivity contribution in [2.45, 2.75) is 40.0 Å². The summed E-state index contributed by atoms with van der Waals surface area (Å²) in [6, 6.07) is 0. The zero-order valence-corrected chi connectivity index (χ0v) is 13.6. The van der Waals surface area contributed by atoms with E-state index in [9.17, 15) is 18.3 Å². The molecule has 1 atom stereocenters. The summed E-state index contributed by atoms with van der Waals surface area (Å²) in [5.41, 5.74) is -0.749. The number of carboxylic acids is 1. The van der Waals surface area contributed by atoms with Gasteiger partial charge in [0.25, 0.3) is 0 Å². The molecule has 1 heterocycles. The van der Waals surface area contributed by atoms with Gasteiger partial charge in [0.05, 0.1) is 11.2 Å². The Morgan fingerprint density at radius 1 is 1.35 bits per heavy atom. The summed E-state index contributed by atoms with van der Waals surface area (Å²) in [7, 11) is -2.96. The van der Waals surface area contributed by atoms with E-state index in [0.29, 0.717) is 19.5 Å². The number of carbonyl (C=O) groups is 1. The minimum atomic E-state index is -2.96. The number of rotatable bonds is 7. The molecule has 0 saturated carbocycles. The molecule has 0 aromatic heterocycles. The van der Waals surface area contributed by atoms with Crippen molar-refractivity contribution in [3.8, 4) is 0 Å². The summed E-state index contributed by atoms with van der Waals surface area (Å²) in [6.45, 7) is 7.46. The molecule has 0 aromatic rings. The van der Waals surface area contributed by atoms with Crippen LogP contribution in [0.2, 0.25) is 0 Å². The van der Waals surface area contributed by atoms with Gasteiger partial charge in [-0.2, -0.15) is 0 Å². The van der Waals surface area contributed by atoms with Crippen molar-refractivity contribution >= 4 is 15.8 Å². The molecule has 1 aliphatic rings. The van der Waals surface area contributed by atoms with Crippen LogP contribution in [0, 0.1) is 11.3 Å². The summed E-state index contributed by atoms with van der Waals surface area (Å²) in [5, 5.41) is 9.29. The molecule has 5 nitrogen and oxygen atoms in total. The average Bonchev–Trinajstić information content (AvgIpc) is 2.36. The molecule has 20 heavy (non-hydrogen) atoms. The minimum Gasteiger partial charge on any atom is -0.481 e. The highest BCUT2D eigenvalue weighted by Crippen LogP contribution is 2.34. The summed E-state index contributed by atoms with van der Waals surface area (Å²) in [5.74, 6) is -0.267. The van der Waals surface area contributed by atoms with Gasteiger partial charge in [0, 0.05) is 18.8 Å². The van der Waals surface area contributed by atoms with Crippen LogP contribution in [0.15, 0.2) is 0 Å². The van der Waals surface area contributed by atoms with Crippen molar-refractivity contribution in [3.63, 3.8) is 0 Å². The van der Waals surface area contributed by atoms with Crippen LogP contribution < -0.4 is 0 Å². The lowest BCUT2D eigenvalue weighted by Gasteiger charge is -2.39. The Labute approximate surface area is 122 Å². The molecule has 6 heteroatoms. The predicted molar refractivity (Wildman–Crippen MR) is 79.5 cm³/mol. The molecule has 0 amide bonds. The van der Waals surface area contributed by atoms with Crippen LogP contribution in [0.1, 0.15) is 40.0 Å². The van der Waals surface area contributed by atoms with Crippen molar-refractivity contribution in [3.05, 3.63) is 0 Å². The SMILES string of the molecule is CCCS(=O)(=O)CCN1CCCC(C(C)(C)C(=O)O)C1. The number of piperidine rings is 1. The van der Waals surface area contributed by atoms with Gasteiger partial charge in [-0.15, -0.1) is 0 Å². The van der Waals surface area contributed by atoms with Crippen LogP contribution in [0.25, 0.3) is 0 Å². The first kappa shape index (κ1) is 17.4. The van der Waals surface area contributed by atoms with Crippen molar-refractivity contribution in [1.29, 1.82) is 0 Å². The molecular weight excluding hydrogens is 278 g/mol. The second-order valence-electron chi connectivity index (χ2n) is 6.32. The van der Waals surface area contributed by atoms with Gasteiger partial charge < -0.3 is 10.0 Å². The van der Waals surface area contributed by atoms with Crippen molar-refractivity contribution in [1.82, 2.24) is 4.90 Å². The fraction of sp³-hybridized carbons (Fsp3) is 0.929. The third-order valence-electron chi connectivity index (χ3n) is 4.31. The monoisotopic (exact) mass is 305 g/mol. The molecular formula is C14H27NO4S. The molecule has 0 bridgehead atoms. The number of hydrogen-bond acceptors (Lipinski definition) is 4. The van der Waals surface area contributed by atoms with Gasteiger partial charge >= 0.3 is 5.97 Å². The first-order valence-corrected chi connectivity index (χ1v) is 9.17. The topological polar surface area (TPSA) is 74.7 Å². The standard InChI is InChI=1S/C14H27NO4S/c1-4-9-20(18,19)10-8-15-7-5-6-12(11-15)14(2,3)13(16)17/h12H,4-11H2,1-3H3,(H,16,17). The minimum absolute atomic E-state index is 0.0858. The highest BCUT2D eigenvalue weighted by molar-refractivity contribution is 7.91. The number of hydrogen-bond donors (Lipinski definition) is 1. The second-order valence-corrected chi connectivity index (χ2v) is 8.62. The Hall–Kier alpha value is -0.620. The lowest BCUT2D eigenvalue weighted by atomic mass is 9.74. The third kappa shape index (κ3) is 4.74. The largest absolute Gasteiger partial charge is 0.481 e. The third-order valence-corrected chi connectivity index (χ3v) is 6.15. The van der Waals surface area contributed by atoms with Gasteiger partial charge in [-0.05, 0) is 45.6 Å². The van der Waals surface area contributed by atoms with E-state index in [4.69, 9.17) is 0 Å². The number of likely N-dealkylation sites (tertiary alicyclic amines) is 1. The molecule has 1 saturated heterocycles. The molecule has 0 radical (unpaired) electrons. The van der Waals surface area contributed by atoms with Crippen LogP contribution in [0.3, 0.4) is 0 Å². The van der Waals surface area contributed by atoms with Crippen LogP contribution in [-0.4, -0.2) is 55.5 Å². The van der Waals surface area contributed by atoms with E-state index in [2.05, 4.69) is 4.90 Å². The average molecular weight is 305 g/mol. The van der Waals surface area contributed by atoms with E-state index in [1.165, 1.54) is 0 Å². The van der Waals surface area contributed by atoms with Gasteiger partial charge in [-0.3, -0.25) is 4.79 Å². The van der Waals surface area contributed by atoms with E-state index < -0.39 is 21.2 Å². The molecule has 0 spiro atoms. The van der Waals surface area contributed by atoms with Crippen LogP contribution in [0.5, 0.6) is 0 Å². The zero-order valence-electron chi connectivity index (χ0n) is 12.8. The Morgan fingerprint density at radius 3 is 2.55 bits per heavy atom. The van der Waals surface area contributed by atoms with Gasteiger partial charge in [0.1, 0.15) is 0 Å². The van der Waals surface area contributed by atoms with Gasteiger partial charge in [-0.1, -0.05) is 6.92 Å². The number of sulfone groups is 1. The second kappa shape index (κ2) is 6.89. The van der Waals surface area contributed by atoms with Crippen LogP contribution in [-0.2, 0) is 14.6 Å². The first-order valence-electron chi connectivity index (χ1n) is 7.35. The Bertz CT molecular complexity index is 430. The fourth-order valence-electron chi connectivity index (χ4n) is 2.70. The molecule has 0 aromatic carbocycles. The van der Waals surface area contributed by atoms with Crippen LogP contribution >= 0.6 is 0 Å². The normalized spacial score (nSPS) is 21.9. The molecule has 1 N–H and O–H groups in total. The first-order chi connectivity index (χ1) is 9.19.